The minimum Gasteiger partial charge on any atom is -0.470 e. The van der Waals surface area contributed by atoms with Crippen LogP contribution >= 0.6 is 0 Å². The topological polar surface area (TPSA) is 126 Å². The number of amides is 3. The zero-order chi connectivity index (χ0) is 25.0. The molecule has 1 unspecified atom stereocenters. The SMILES string of the molecule is CC(=O)NCCNC(=O)c1nccc2c1CN(C(C)c1cc(C)c(OCC(C)(F)F)nn1)C2=O. The molecule has 3 heterocycles. The molecule has 2 N–H and O–H groups in total. The van der Waals surface area contributed by atoms with Crippen molar-refractivity contribution in [1.29, 1.82) is 0 Å². The fourth-order valence-electron chi connectivity index (χ4n) is 3.45. The number of rotatable bonds is 9. The van der Waals surface area contributed by atoms with Gasteiger partial charge in [0.05, 0.1) is 11.7 Å². The Morgan fingerprint density at radius 1 is 1.26 bits per heavy atom. The highest BCUT2D eigenvalue weighted by Gasteiger charge is 2.35. The summed E-state index contributed by atoms with van der Waals surface area (Å²) in [6.07, 6.45) is 1.40. The zero-order valence-corrected chi connectivity index (χ0v) is 19.3. The molecule has 0 fully saturated rings. The third-order valence-corrected chi connectivity index (χ3v) is 5.19. The number of aromatic nitrogens is 3. The van der Waals surface area contributed by atoms with Crippen LogP contribution in [-0.2, 0) is 11.3 Å². The fraction of sp³-hybridized carbons (Fsp3) is 0.455. The molecule has 0 aliphatic carbocycles. The van der Waals surface area contributed by atoms with Crippen LogP contribution in [0.15, 0.2) is 18.3 Å². The van der Waals surface area contributed by atoms with Crippen LogP contribution in [0.5, 0.6) is 5.88 Å². The molecule has 0 saturated carbocycles. The molecule has 1 atom stereocenters. The van der Waals surface area contributed by atoms with Crippen LogP contribution in [0.4, 0.5) is 8.78 Å². The molecule has 3 amide bonds. The molecule has 12 heteroatoms. The Morgan fingerprint density at radius 3 is 2.62 bits per heavy atom. The van der Waals surface area contributed by atoms with Crippen molar-refractivity contribution in [1.82, 2.24) is 30.7 Å². The first kappa shape index (κ1) is 24.9. The molecule has 2 aromatic heterocycles. The zero-order valence-electron chi connectivity index (χ0n) is 19.3. The van der Waals surface area contributed by atoms with E-state index >= 15 is 0 Å². The van der Waals surface area contributed by atoms with Crippen molar-refractivity contribution in [2.45, 2.75) is 46.2 Å². The first-order valence-electron chi connectivity index (χ1n) is 10.6. The standard InChI is InChI=1S/C22H26F2N6O4/c1-12-9-17(28-29-20(12)34-11-22(4,23)24)13(2)30-10-16-15(21(30)33)5-6-26-18(16)19(32)27-8-7-25-14(3)31/h5-6,9,13H,7-8,10-11H2,1-4H3,(H,25,31)(H,27,32). The molecular weight excluding hydrogens is 450 g/mol. The van der Waals surface area contributed by atoms with Crippen molar-refractivity contribution in [3.05, 3.63) is 46.4 Å². The van der Waals surface area contributed by atoms with Crippen LogP contribution in [-0.4, -0.2) is 63.4 Å². The Kier molecular flexibility index (Phi) is 7.38. The lowest BCUT2D eigenvalue weighted by molar-refractivity contribution is -0.118. The van der Waals surface area contributed by atoms with Gasteiger partial charge in [0.2, 0.25) is 11.8 Å². The maximum absolute atomic E-state index is 13.1. The molecule has 0 aromatic carbocycles. The highest BCUT2D eigenvalue weighted by molar-refractivity contribution is 6.03. The van der Waals surface area contributed by atoms with Crippen molar-refractivity contribution >= 4 is 17.7 Å². The Hall–Kier alpha value is -3.70. The number of hydrogen-bond acceptors (Lipinski definition) is 7. The number of carbonyl (C=O) groups excluding carboxylic acids is 3. The maximum atomic E-state index is 13.1. The fourth-order valence-corrected chi connectivity index (χ4v) is 3.45. The van der Waals surface area contributed by atoms with Crippen LogP contribution in [0.2, 0.25) is 0 Å². The third-order valence-electron chi connectivity index (χ3n) is 5.19. The third kappa shape index (κ3) is 5.80. The number of fused-ring (bicyclic) bond motifs is 1. The summed E-state index contributed by atoms with van der Waals surface area (Å²) in [7, 11) is 0. The number of ether oxygens (including phenoxy) is 1. The molecule has 0 bridgehead atoms. The highest BCUT2D eigenvalue weighted by atomic mass is 19.3. The van der Waals surface area contributed by atoms with Gasteiger partial charge in [-0.1, -0.05) is 0 Å². The average molecular weight is 476 g/mol. The van der Waals surface area contributed by atoms with E-state index in [0.717, 1.165) is 6.92 Å². The summed E-state index contributed by atoms with van der Waals surface area (Å²) in [6.45, 7) is 5.34. The molecule has 1 aliphatic rings. The predicted octanol–water partition coefficient (Wildman–Crippen LogP) is 1.80. The van der Waals surface area contributed by atoms with E-state index in [1.807, 2.05) is 0 Å². The summed E-state index contributed by atoms with van der Waals surface area (Å²) < 4.78 is 31.2. The molecule has 0 saturated heterocycles. The van der Waals surface area contributed by atoms with Gasteiger partial charge in [-0.25, -0.2) is 8.78 Å². The van der Waals surface area contributed by atoms with Gasteiger partial charge in [0.15, 0.2) is 6.61 Å². The Labute approximate surface area is 195 Å². The van der Waals surface area contributed by atoms with Crippen LogP contribution in [0.25, 0.3) is 0 Å². The minimum absolute atomic E-state index is 0.00377. The van der Waals surface area contributed by atoms with Gasteiger partial charge >= 0.3 is 0 Å². The Bertz CT molecular complexity index is 1110. The molecule has 2 aromatic rings. The number of pyridine rings is 1. The molecule has 0 radical (unpaired) electrons. The van der Waals surface area contributed by atoms with E-state index in [1.165, 1.54) is 18.0 Å². The summed E-state index contributed by atoms with van der Waals surface area (Å²) >= 11 is 0. The molecule has 0 spiro atoms. The molecule has 1 aliphatic heterocycles. The van der Waals surface area contributed by atoms with E-state index in [2.05, 4.69) is 25.8 Å². The number of alkyl halides is 2. The summed E-state index contributed by atoms with van der Waals surface area (Å²) in [5.74, 6) is -3.95. The number of halogens is 2. The van der Waals surface area contributed by atoms with E-state index in [0.29, 0.717) is 22.4 Å². The van der Waals surface area contributed by atoms with Gasteiger partial charge in [-0.2, -0.15) is 0 Å². The Morgan fingerprint density at radius 2 is 1.97 bits per heavy atom. The van der Waals surface area contributed by atoms with E-state index in [-0.39, 0.29) is 43.0 Å². The number of carbonyl (C=O) groups is 3. The van der Waals surface area contributed by atoms with E-state index in [1.54, 1.807) is 26.0 Å². The van der Waals surface area contributed by atoms with Gasteiger partial charge in [-0.15, -0.1) is 10.2 Å². The van der Waals surface area contributed by atoms with E-state index < -0.39 is 24.5 Å². The lowest BCUT2D eigenvalue weighted by atomic mass is 10.1. The van der Waals surface area contributed by atoms with Gasteiger partial charge in [-0.3, -0.25) is 19.4 Å². The van der Waals surface area contributed by atoms with Crippen molar-refractivity contribution in [2.75, 3.05) is 19.7 Å². The predicted molar refractivity (Wildman–Crippen MR) is 116 cm³/mol. The normalized spacial score (nSPS) is 13.9. The molecular formula is C22H26F2N6O4. The van der Waals surface area contributed by atoms with E-state index in [9.17, 15) is 23.2 Å². The number of nitrogens with zero attached hydrogens (tertiary/aromatic N) is 4. The largest absolute Gasteiger partial charge is 0.470 e. The highest BCUT2D eigenvalue weighted by Crippen LogP contribution is 2.32. The minimum atomic E-state index is -3.00. The quantitative estimate of drug-likeness (QED) is 0.529. The van der Waals surface area contributed by atoms with Gasteiger partial charge in [0, 0.05) is 56.4 Å². The average Bonchev–Trinajstić information content (AvgIpc) is 3.11. The summed E-state index contributed by atoms with van der Waals surface area (Å²) in [6, 6.07) is 2.67. The van der Waals surface area contributed by atoms with Gasteiger partial charge in [0.1, 0.15) is 5.69 Å². The summed E-state index contributed by atoms with van der Waals surface area (Å²) in [5, 5.41) is 13.2. The van der Waals surface area contributed by atoms with Crippen molar-refractivity contribution in [2.24, 2.45) is 0 Å². The number of nitrogens with one attached hydrogen (secondary N) is 2. The van der Waals surface area contributed by atoms with Gasteiger partial charge in [0.25, 0.3) is 17.7 Å². The van der Waals surface area contributed by atoms with Crippen molar-refractivity contribution in [3.8, 4) is 5.88 Å². The monoisotopic (exact) mass is 476 g/mol. The van der Waals surface area contributed by atoms with Crippen LogP contribution in [0.1, 0.15) is 64.5 Å². The smallest absolute Gasteiger partial charge is 0.278 e. The summed E-state index contributed by atoms with van der Waals surface area (Å²) in [5.41, 5.74) is 1.94. The van der Waals surface area contributed by atoms with Gasteiger partial charge in [-0.05, 0) is 26.0 Å². The first-order chi connectivity index (χ1) is 16.0. The van der Waals surface area contributed by atoms with Crippen molar-refractivity contribution in [3.63, 3.8) is 0 Å². The van der Waals surface area contributed by atoms with Crippen molar-refractivity contribution < 1.29 is 27.9 Å². The molecule has 34 heavy (non-hydrogen) atoms. The number of hydrogen-bond donors (Lipinski definition) is 2. The molecule has 10 nitrogen and oxygen atoms in total. The number of aryl methyl sites for hydroxylation is 1. The lowest BCUT2D eigenvalue weighted by Crippen LogP contribution is -2.34. The Balaban J connectivity index is 1.73. The molecule has 3 rings (SSSR count). The second-order valence-corrected chi connectivity index (χ2v) is 8.15. The maximum Gasteiger partial charge on any atom is 0.278 e. The second kappa shape index (κ2) is 10.1. The first-order valence-corrected chi connectivity index (χ1v) is 10.6. The van der Waals surface area contributed by atoms with Gasteiger partial charge < -0.3 is 20.3 Å². The second-order valence-electron chi connectivity index (χ2n) is 8.15. The van der Waals surface area contributed by atoms with Crippen LogP contribution < -0.4 is 15.4 Å². The lowest BCUT2D eigenvalue weighted by Gasteiger charge is -2.24. The van der Waals surface area contributed by atoms with E-state index in [4.69, 9.17) is 4.74 Å². The van der Waals surface area contributed by atoms with Crippen LogP contribution in [0, 0.1) is 6.92 Å². The van der Waals surface area contributed by atoms with Crippen LogP contribution in [0.3, 0.4) is 0 Å². The molecule has 182 valence electrons. The summed E-state index contributed by atoms with van der Waals surface area (Å²) in [4.78, 5) is 42.3.